The SMILES string of the molecule is c1ccc(-c2nc(-c3cccc(-c4ccc5c(c4)sc4ccc6nc(-c7ccc8c(c7)sc7ccccc78)sc6c45)c3)nc(-c3cc4ccccc4c4ccccc34)n2)cc1. The van der Waals surface area contributed by atoms with Gasteiger partial charge in [0.15, 0.2) is 17.5 Å². The Balaban J connectivity index is 0.908. The second kappa shape index (κ2) is 13.7. The molecular weight excluding hydrogens is 801 g/mol. The minimum absolute atomic E-state index is 0.640. The first-order chi connectivity index (χ1) is 30.2. The zero-order chi connectivity index (χ0) is 40.0. The third kappa shape index (κ3) is 5.70. The van der Waals surface area contributed by atoms with Crippen molar-refractivity contribution >= 4 is 106 Å². The fourth-order valence-corrected chi connectivity index (χ4v) is 12.3. The second-order valence-corrected chi connectivity index (χ2v) is 18.5. The number of aromatic nitrogens is 4. The maximum atomic E-state index is 5.22. The van der Waals surface area contributed by atoms with Crippen molar-refractivity contribution in [3.63, 3.8) is 0 Å². The van der Waals surface area contributed by atoms with Gasteiger partial charge in [-0.2, -0.15) is 0 Å². The van der Waals surface area contributed by atoms with E-state index in [0.717, 1.165) is 49.1 Å². The zero-order valence-electron chi connectivity index (χ0n) is 32.3. The Morgan fingerprint density at radius 1 is 0.311 bits per heavy atom. The van der Waals surface area contributed by atoms with E-state index in [1.54, 1.807) is 11.3 Å². The fourth-order valence-electron chi connectivity index (χ4n) is 8.83. The lowest BCUT2D eigenvalue weighted by atomic mass is 9.96. The summed E-state index contributed by atoms with van der Waals surface area (Å²) in [6.45, 7) is 0. The van der Waals surface area contributed by atoms with Gasteiger partial charge < -0.3 is 0 Å². The molecule has 13 rings (SSSR count). The van der Waals surface area contributed by atoms with Crippen molar-refractivity contribution in [2.24, 2.45) is 0 Å². The van der Waals surface area contributed by atoms with Crippen LogP contribution in [-0.4, -0.2) is 19.9 Å². The normalized spacial score (nSPS) is 11.9. The summed E-state index contributed by atoms with van der Waals surface area (Å²) in [5.41, 5.74) is 7.34. The highest BCUT2D eigenvalue weighted by Crippen LogP contribution is 2.45. The summed E-state index contributed by atoms with van der Waals surface area (Å²) in [4.78, 5) is 20.6. The Bertz CT molecular complexity index is 3900. The molecule has 0 aliphatic heterocycles. The van der Waals surface area contributed by atoms with E-state index in [1.165, 1.54) is 61.4 Å². The largest absolute Gasteiger partial charge is 0.236 e. The summed E-state index contributed by atoms with van der Waals surface area (Å²) >= 11 is 5.49. The molecule has 13 aromatic rings. The predicted octanol–water partition coefficient (Wildman–Crippen LogP) is 15.9. The van der Waals surface area contributed by atoms with Crippen LogP contribution in [0.4, 0.5) is 0 Å². The molecule has 61 heavy (non-hydrogen) atoms. The molecule has 0 saturated heterocycles. The quantitative estimate of drug-likeness (QED) is 0.162. The molecule has 0 saturated carbocycles. The van der Waals surface area contributed by atoms with Crippen LogP contribution in [0.1, 0.15) is 0 Å². The van der Waals surface area contributed by atoms with Crippen molar-refractivity contribution in [1.29, 1.82) is 0 Å². The average molecular weight is 831 g/mol. The second-order valence-electron chi connectivity index (χ2n) is 15.4. The number of rotatable bonds is 5. The fraction of sp³-hybridized carbons (Fsp3) is 0. The van der Waals surface area contributed by atoms with Gasteiger partial charge in [-0.3, -0.25) is 0 Å². The number of hydrogen-bond acceptors (Lipinski definition) is 7. The topological polar surface area (TPSA) is 51.6 Å². The van der Waals surface area contributed by atoms with Gasteiger partial charge in [-0.15, -0.1) is 34.0 Å². The molecule has 4 aromatic heterocycles. The van der Waals surface area contributed by atoms with Crippen LogP contribution in [0.5, 0.6) is 0 Å². The van der Waals surface area contributed by atoms with Crippen molar-refractivity contribution in [2.45, 2.75) is 0 Å². The lowest BCUT2D eigenvalue weighted by Crippen LogP contribution is -2.01. The summed E-state index contributed by atoms with van der Waals surface area (Å²) in [6.07, 6.45) is 0. The highest BCUT2D eigenvalue weighted by atomic mass is 32.1. The lowest BCUT2D eigenvalue weighted by Gasteiger charge is -2.13. The Morgan fingerprint density at radius 3 is 1.84 bits per heavy atom. The van der Waals surface area contributed by atoms with Crippen molar-refractivity contribution < 1.29 is 0 Å². The smallest absolute Gasteiger partial charge is 0.164 e. The van der Waals surface area contributed by atoms with Crippen LogP contribution in [0.2, 0.25) is 0 Å². The van der Waals surface area contributed by atoms with Crippen molar-refractivity contribution in [3.8, 4) is 55.9 Å². The Hall–Kier alpha value is -7.16. The average Bonchev–Trinajstić information content (AvgIpc) is 4.04. The number of hydrogen-bond donors (Lipinski definition) is 0. The molecule has 0 unspecified atom stereocenters. The summed E-state index contributed by atoms with van der Waals surface area (Å²) in [6, 6.07) is 64.8. The number of nitrogens with zero attached hydrogens (tertiary/aromatic N) is 4. The highest BCUT2D eigenvalue weighted by molar-refractivity contribution is 7.28. The van der Waals surface area contributed by atoms with Gasteiger partial charge in [0.2, 0.25) is 0 Å². The van der Waals surface area contributed by atoms with E-state index in [9.17, 15) is 0 Å². The van der Waals surface area contributed by atoms with Gasteiger partial charge >= 0.3 is 0 Å². The first-order valence-corrected chi connectivity index (χ1v) is 22.6. The molecule has 0 amide bonds. The van der Waals surface area contributed by atoms with Crippen LogP contribution in [-0.2, 0) is 0 Å². The van der Waals surface area contributed by atoms with Crippen LogP contribution in [0, 0.1) is 0 Å². The highest BCUT2D eigenvalue weighted by Gasteiger charge is 2.18. The van der Waals surface area contributed by atoms with Gasteiger partial charge in [0.25, 0.3) is 0 Å². The first kappa shape index (κ1) is 34.7. The molecule has 0 aliphatic rings. The van der Waals surface area contributed by atoms with E-state index in [-0.39, 0.29) is 0 Å². The van der Waals surface area contributed by atoms with Crippen LogP contribution in [0.3, 0.4) is 0 Å². The molecule has 0 aliphatic carbocycles. The number of thiazole rings is 1. The minimum atomic E-state index is 0.640. The molecule has 0 fully saturated rings. The zero-order valence-corrected chi connectivity index (χ0v) is 34.8. The van der Waals surface area contributed by atoms with Gasteiger partial charge in [-0.25, -0.2) is 19.9 Å². The van der Waals surface area contributed by atoms with Gasteiger partial charge in [0.05, 0.1) is 10.2 Å². The summed E-state index contributed by atoms with van der Waals surface area (Å²) in [7, 11) is 0. The molecule has 9 aromatic carbocycles. The monoisotopic (exact) mass is 830 g/mol. The number of thiophene rings is 2. The van der Waals surface area contributed by atoms with E-state index in [0.29, 0.717) is 17.5 Å². The molecule has 0 radical (unpaired) electrons. The molecule has 0 N–H and O–H groups in total. The first-order valence-electron chi connectivity index (χ1n) is 20.2. The molecule has 7 heteroatoms. The number of benzene rings is 9. The lowest BCUT2D eigenvalue weighted by molar-refractivity contribution is 1.08. The van der Waals surface area contributed by atoms with Crippen LogP contribution in [0.15, 0.2) is 182 Å². The minimum Gasteiger partial charge on any atom is -0.236 e. The third-order valence-electron chi connectivity index (χ3n) is 11.7. The van der Waals surface area contributed by atoms with Gasteiger partial charge in [-0.05, 0) is 75.1 Å². The third-order valence-corrected chi connectivity index (χ3v) is 15.1. The maximum absolute atomic E-state index is 5.22. The number of fused-ring (bicyclic) bond motifs is 11. The summed E-state index contributed by atoms with van der Waals surface area (Å²) in [5, 5.41) is 10.9. The van der Waals surface area contributed by atoms with Crippen molar-refractivity contribution in [1.82, 2.24) is 19.9 Å². The van der Waals surface area contributed by atoms with E-state index in [1.807, 2.05) is 40.9 Å². The molecule has 0 atom stereocenters. The molecule has 4 heterocycles. The molecule has 284 valence electrons. The van der Waals surface area contributed by atoms with E-state index in [2.05, 4.69) is 164 Å². The standard InChI is InChI=1S/C54H30N4S3/c1-2-11-31(12-3-1)51-56-52(58-53(57-51)43-28-34-13-4-5-16-37(34)38-17-6-7-18-39(38)43)35-15-10-14-32(27-35)33-21-24-42-48(29-33)60-46-26-25-44-50(49(42)46)61-54(55-44)36-22-23-41-40-19-8-9-20-45(40)59-47(41)30-36/h1-30H. The Morgan fingerprint density at radius 2 is 0.934 bits per heavy atom. The van der Waals surface area contributed by atoms with Crippen molar-refractivity contribution in [3.05, 3.63) is 182 Å². The molecule has 0 bridgehead atoms. The summed E-state index contributed by atoms with van der Waals surface area (Å²) in [5.74, 6) is 1.94. The predicted molar refractivity (Wildman–Crippen MR) is 261 cm³/mol. The molecule has 0 spiro atoms. The van der Waals surface area contributed by atoms with Gasteiger partial charge in [0.1, 0.15) is 5.01 Å². The van der Waals surface area contributed by atoms with Gasteiger partial charge in [-0.1, -0.05) is 140 Å². The van der Waals surface area contributed by atoms with Crippen LogP contribution >= 0.6 is 34.0 Å². The maximum Gasteiger partial charge on any atom is 0.164 e. The molecular formula is C54H30N4S3. The summed E-state index contributed by atoms with van der Waals surface area (Å²) < 4.78 is 6.38. The van der Waals surface area contributed by atoms with E-state index in [4.69, 9.17) is 19.9 Å². The Kier molecular flexibility index (Phi) is 7.78. The van der Waals surface area contributed by atoms with Crippen molar-refractivity contribution in [2.75, 3.05) is 0 Å². The van der Waals surface area contributed by atoms with Crippen LogP contribution in [0.25, 0.3) is 128 Å². The van der Waals surface area contributed by atoms with Gasteiger partial charge in [0, 0.05) is 62.6 Å². The van der Waals surface area contributed by atoms with E-state index >= 15 is 0 Å². The Labute approximate surface area is 361 Å². The van der Waals surface area contributed by atoms with Crippen LogP contribution < -0.4 is 0 Å². The van der Waals surface area contributed by atoms with E-state index < -0.39 is 0 Å². The molecule has 4 nitrogen and oxygen atoms in total.